The molecule has 3 heterocycles. The molecule has 3 fully saturated rings. The van der Waals surface area contributed by atoms with Gasteiger partial charge < -0.3 is 9.47 Å². The fourth-order valence-corrected chi connectivity index (χ4v) is 3.17. The first-order valence-corrected chi connectivity index (χ1v) is 6.40. The summed E-state index contributed by atoms with van der Waals surface area (Å²) in [6.45, 7) is 3.15. The lowest BCUT2D eigenvalue weighted by molar-refractivity contribution is -0.145. The quantitative estimate of drug-likeness (QED) is 0.496. The lowest BCUT2D eigenvalue weighted by atomic mass is 9.88. The van der Waals surface area contributed by atoms with Crippen molar-refractivity contribution < 1.29 is 26.9 Å². The molecule has 0 spiro atoms. The normalized spacial score (nSPS) is 44.8. The highest BCUT2D eigenvalue weighted by Gasteiger charge is 2.64. The lowest BCUT2D eigenvalue weighted by Gasteiger charge is -2.20. The van der Waals surface area contributed by atoms with Crippen molar-refractivity contribution in [3.63, 3.8) is 0 Å². The molecule has 0 aromatic heterocycles. The summed E-state index contributed by atoms with van der Waals surface area (Å²) in [4.78, 5) is 11.3. The van der Waals surface area contributed by atoms with E-state index < -0.39 is 22.3 Å². The van der Waals surface area contributed by atoms with Gasteiger partial charge in [-0.05, 0) is 6.42 Å². The number of rotatable bonds is 3. The second kappa shape index (κ2) is 3.06. The number of hydrogen-bond acceptors (Lipinski definition) is 6. The Hall–Kier alpha value is -0.920. The number of esters is 1. The predicted molar refractivity (Wildman–Crippen MR) is 50.6 cm³/mol. The Kier molecular flexibility index (Phi) is 1.96. The van der Waals surface area contributed by atoms with Crippen molar-refractivity contribution >= 4 is 16.1 Å². The first-order chi connectivity index (χ1) is 7.52. The number of fused-ring (bicyclic) bond motifs is 1. The van der Waals surface area contributed by atoms with Crippen LogP contribution in [0.15, 0.2) is 12.0 Å². The third-order valence-corrected chi connectivity index (χ3v) is 4.13. The van der Waals surface area contributed by atoms with Gasteiger partial charge in [-0.1, -0.05) is 6.58 Å². The van der Waals surface area contributed by atoms with Gasteiger partial charge in [0, 0.05) is 0 Å². The monoisotopic (exact) mass is 246 g/mol. The number of hydrogen-bond donors (Lipinski definition) is 0. The molecule has 0 aliphatic carbocycles. The Morgan fingerprint density at radius 1 is 1.44 bits per heavy atom. The van der Waals surface area contributed by atoms with Gasteiger partial charge in [0.2, 0.25) is 0 Å². The van der Waals surface area contributed by atoms with E-state index >= 15 is 0 Å². The molecule has 0 radical (unpaired) electrons. The first-order valence-electron chi connectivity index (χ1n) is 4.93. The van der Waals surface area contributed by atoms with E-state index in [9.17, 15) is 13.2 Å². The van der Waals surface area contributed by atoms with Crippen LogP contribution < -0.4 is 0 Å². The van der Waals surface area contributed by atoms with E-state index in [0.717, 1.165) is 5.41 Å². The topological polar surface area (TPSA) is 78.9 Å². The van der Waals surface area contributed by atoms with Crippen LogP contribution in [0.2, 0.25) is 0 Å². The smallest absolute Gasteiger partial charge is 0.312 e. The van der Waals surface area contributed by atoms with Crippen molar-refractivity contribution in [2.24, 2.45) is 5.92 Å². The third kappa shape index (κ3) is 1.25. The van der Waals surface area contributed by atoms with Crippen LogP contribution in [0.25, 0.3) is 0 Å². The van der Waals surface area contributed by atoms with Crippen LogP contribution >= 0.6 is 0 Å². The van der Waals surface area contributed by atoms with Crippen molar-refractivity contribution in [1.29, 1.82) is 0 Å². The molecule has 0 amide bonds. The second-order valence-corrected chi connectivity index (χ2v) is 5.61. The number of carbonyl (C=O) groups is 1. The summed E-state index contributed by atoms with van der Waals surface area (Å²) >= 11 is 0. The van der Waals surface area contributed by atoms with E-state index in [2.05, 4.69) is 6.58 Å². The molecule has 2 bridgehead atoms. The number of ether oxygens (including phenoxy) is 2. The maximum atomic E-state index is 11.3. The Morgan fingerprint density at radius 2 is 2.19 bits per heavy atom. The van der Waals surface area contributed by atoms with Gasteiger partial charge >= 0.3 is 5.97 Å². The van der Waals surface area contributed by atoms with Crippen molar-refractivity contribution in [2.75, 3.05) is 0 Å². The van der Waals surface area contributed by atoms with E-state index in [1.807, 2.05) is 0 Å². The molecule has 3 aliphatic rings. The minimum Gasteiger partial charge on any atom is -0.456 e. The van der Waals surface area contributed by atoms with Gasteiger partial charge in [-0.2, -0.15) is 8.42 Å². The van der Waals surface area contributed by atoms with Gasteiger partial charge in [-0.15, -0.1) is 0 Å². The first kappa shape index (κ1) is 10.2. The molecule has 5 atom stereocenters. The molecule has 0 aromatic carbocycles. The zero-order valence-corrected chi connectivity index (χ0v) is 9.05. The highest BCUT2D eigenvalue weighted by molar-refractivity contribution is 7.89. The molecule has 88 valence electrons. The molecule has 16 heavy (non-hydrogen) atoms. The fourth-order valence-electron chi connectivity index (χ4n) is 2.55. The van der Waals surface area contributed by atoms with Crippen LogP contribution in [-0.2, 0) is 28.6 Å². The van der Waals surface area contributed by atoms with E-state index in [1.54, 1.807) is 0 Å². The summed E-state index contributed by atoms with van der Waals surface area (Å²) in [6.07, 6.45) is -1.57. The molecule has 0 aromatic rings. The average molecular weight is 246 g/mol. The molecule has 0 saturated carbocycles. The standard InChI is InChI=1S/C9H10O6S/c1-2-16(11,12)15-7-5-3-4-6(13-5)8(7)14-9(4)10/h2,4-8H,1,3H2. The van der Waals surface area contributed by atoms with Gasteiger partial charge in [-0.3, -0.25) is 8.98 Å². The van der Waals surface area contributed by atoms with Crippen molar-refractivity contribution in [1.82, 2.24) is 0 Å². The average Bonchev–Trinajstić information content (AvgIpc) is 2.82. The van der Waals surface area contributed by atoms with Crippen molar-refractivity contribution in [3.8, 4) is 0 Å². The summed E-state index contributed by atoms with van der Waals surface area (Å²) in [5.41, 5.74) is 0. The van der Waals surface area contributed by atoms with Crippen LogP contribution in [0.4, 0.5) is 0 Å². The molecule has 0 N–H and O–H groups in total. The molecule has 3 rings (SSSR count). The van der Waals surface area contributed by atoms with E-state index in [1.165, 1.54) is 0 Å². The minimum atomic E-state index is -3.77. The lowest BCUT2D eigenvalue weighted by Crippen LogP contribution is -2.39. The van der Waals surface area contributed by atoms with Crippen molar-refractivity contribution in [2.45, 2.75) is 30.8 Å². The molecule has 6 nitrogen and oxygen atoms in total. The summed E-state index contributed by atoms with van der Waals surface area (Å²) in [7, 11) is -3.77. The molecule has 3 aliphatic heterocycles. The van der Waals surface area contributed by atoms with Crippen LogP contribution in [0.5, 0.6) is 0 Å². The fraction of sp³-hybridized carbons (Fsp3) is 0.667. The van der Waals surface area contributed by atoms with Gasteiger partial charge in [0.05, 0.1) is 17.4 Å². The Bertz CT molecular complexity index is 455. The highest BCUT2D eigenvalue weighted by Crippen LogP contribution is 2.47. The predicted octanol–water partition coefficient (Wildman–Crippen LogP) is -0.442. The van der Waals surface area contributed by atoms with Gasteiger partial charge in [0.15, 0.2) is 6.10 Å². The zero-order chi connectivity index (χ0) is 11.5. The summed E-state index contributed by atoms with van der Waals surface area (Å²) in [6, 6.07) is 0. The molecule has 7 heteroatoms. The minimum absolute atomic E-state index is 0.249. The SMILES string of the molecule is C=CS(=O)(=O)OC1C2CC3C(=O)OC1C3O2. The number of carbonyl (C=O) groups excluding carboxylic acids is 1. The van der Waals surface area contributed by atoms with E-state index in [4.69, 9.17) is 13.7 Å². The van der Waals surface area contributed by atoms with Crippen LogP contribution in [0, 0.1) is 5.92 Å². The third-order valence-electron chi connectivity index (χ3n) is 3.23. The van der Waals surface area contributed by atoms with Crippen LogP contribution in [0.1, 0.15) is 6.42 Å². The molecular formula is C9H10O6S. The van der Waals surface area contributed by atoms with Crippen molar-refractivity contribution in [3.05, 3.63) is 12.0 Å². The van der Waals surface area contributed by atoms with Crippen LogP contribution in [0.3, 0.4) is 0 Å². The van der Waals surface area contributed by atoms with E-state index in [-0.39, 0.29) is 24.1 Å². The Labute approximate surface area is 92.3 Å². The second-order valence-electron chi connectivity index (χ2n) is 4.10. The summed E-state index contributed by atoms with van der Waals surface area (Å²) in [5.74, 6) is -0.569. The highest BCUT2D eigenvalue weighted by atomic mass is 32.2. The van der Waals surface area contributed by atoms with E-state index in [0.29, 0.717) is 6.42 Å². The van der Waals surface area contributed by atoms with Crippen LogP contribution in [-0.4, -0.2) is 38.8 Å². The van der Waals surface area contributed by atoms with Gasteiger partial charge in [0.25, 0.3) is 10.1 Å². The Balaban J connectivity index is 1.85. The maximum absolute atomic E-state index is 11.3. The summed E-state index contributed by atoms with van der Waals surface area (Å²) in [5, 5.41) is 0.729. The molecule has 3 saturated heterocycles. The van der Waals surface area contributed by atoms with Gasteiger partial charge in [0.1, 0.15) is 12.2 Å². The summed E-state index contributed by atoms with van der Waals surface area (Å²) < 4.78 is 37.9. The maximum Gasteiger partial charge on any atom is 0.312 e. The molecule has 5 unspecified atom stereocenters. The Morgan fingerprint density at radius 3 is 2.88 bits per heavy atom. The largest absolute Gasteiger partial charge is 0.456 e. The van der Waals surface area contributed by atoms with Gasteiger partial charge in [-0.25, -0.2) is 0 Å². The zero-order valence-electron chi connectivity index (χ0n) is 8.24. The molecular weight excluding hydrogens is 236 g/mol.